The van der Waals surface area contributed by atoms with E-state index in [1.807, 2.05) is 44.2 Å². The van der Waals surface area contributed by atoms with E-state index in [0.717, 1.165) is 5.56 Å². The van der Waals surface area contributed by atoms with E-state index in [0.29, 0.717) is 12.8 Å². The van der Waals surface area contributed by atoms with Gasteiger partial charge in [-0.25, -0.2) is 4.79 Å². The Morgan fingerprint density at radius 3 is 2.24 bits per heavy atom. The first-order chi connectivity index (χ1) is 11.9. The van der Waals surface area contributed by atoms with Crippen molar-refractivity contribution in [2.24, 2.45) is 11.7 Å². The minimum Gasteiger partial charge on any atom is -0.467 e. The number of rotatable bonds is 9. The third kappa shape index (κ3) is 7.34. The molecule has 4 N–H and O–H groups in total. The number of hydrogen-bond donors (Lipinski definition) is 3. The Bertz CT molecular complexity index is 575. The number of hydrogen-bond acceptors (Lipinski definition) is 5. The molecular formula is C18H27N3O4. The molecule has 0 fully saturated rings. The molecule has 0 spiro atoms. The molecule has 138 valence electrons. The fourth-order valence-electron chi connectivity index (χ4n) is 2.41. The Morgan fingerprint density at radius 1 is 1.08 bits per heavy atom. The molecule has 7 nitrogen and oxygen atoms in total. The quantitative estimate of drug-likeness (QED) is 0.558. The highest BCUT2D eigenvalue weighted by molar-refractivity contribution is 5.91. The molecule has 0 bridgehead atoms. The van der Waals surface area contributed by atoms with Gasteiger partial charge in [-0.3, -0.25) is 9.59 Å². The van der Waals surface area contributed by atoms with Gasteiger partial charge in [0.1, 0.15) is 12.1 Å². The number of benzene rings is 1. The van der Waals surface area contributed by atoms with Gasteiger partial charge in [0, 0.05) is 6.42 Å². The number of carbonyl (C=O) groups excluding carboxylic acids is 3. The molecule has 0 aliphatic carbocycles. The highest BCUT2D eigenvalue weighted by Gasteiger charge is 2.27. The monoisotopic (exact) mass is 349 g/mol. The van der Waals surface area contributed by atoms with Crippen LogP contribution in [0.3, 0.4) is 0 Å². The average molecular weight is 349 g/mol. The number of amides is 2. The average Bonchev–Trinajstić information content (AvgIpc) is 2.60. The van der Waals surface area contributed by atoms with Crippen molar-refractivity contribution < 1.29 is 19.1 Å². The predicted octanol–water partition coefficient (Wildman–Crippen LogP) is 0.377. The third-order valence-electron chi connectivity index (χ3n) is 3.63. The largest absolute Gasteiger partial charge is 0.467 e. The van der Waals surface area contributed by atoms with Crippen LogP contribution < -0.4 is 16.4 Å². The van der Waals surface area contributed by atoms with Gasteiger partial charge in [0.2, 0.25) is 11.8 Å². The van der Waals surface area contributed by atoms with Crippen molar-refractivity contribution in [2.75, 3.05) is 13.7 Å². The summed E-state index contributed by atoms with van der Waals surface area (Å²) >= 11 is 0. The zero-order valence-electron chi connectivity index (χ0n) is 15.0. The summed E-state index contributed by atoms with van der Waals surface area (Å²) < 4.78 is 4.79. The maximum atomic E-state index is 12.6. The van der Waals surface area contributed by atoms with E-state index in [2.05, 4.69) is 10.6 Å². The van der Waals surface area contributed by atoms with Crippen LogP contribution in [0.2, 0.25) is 0 Å². The van der Waals surface area contributed by atoms with Crippen LogP contribution in [0, 0.1) is 5.92 Å². The summed E-state index contributed by atoms with van der Waals surface area (Å²) in [7, 11) is 1.27. The minimum absolute atomic E-state index is 0.180. The maximum Gasteiger partial charge on any atom is 0.328 e. The summed E-state index contributed by atoms with van der Waals surface area (Å²) in [4.78, 5) is 36.2. The molecule has 2 atom stereocenters. The Balaban J connectivity index is 2.85. The summed E-state index contributed by atoms with van der Waals surface area (Å²) in [6.45, 7) is 3.68. The zero-order chi connectivity index (χ0) is 18.8. The number of nitrogens with one attached hydrogen (secondary N) is 2. The van der Waals surface area contributed by atoms with Crippen LogP contribution in [-0.2, 0) is 25.5 Å². The summed E-state index contributed by atoms with van der Waals surface area (Å²) in [6, 6.07) is 7.73. The molecule has 0 heterocycles. The molecule has 0 aliphatic rings. The Hall–Kier alpha value is -2.41. The molecule has 0 saturated carbocycles. The predicted molar refractivity (Wildman–Crippen MR) is 94.5 cm³/mol. The molecule has 0 radical (unpaired) electrons. The standard InChI is InChI=1S/C18H27N3O4/c1-12(2)9-14(20-16(22)11-19)17(23)21-15(18(24)25-3)10-13-7-5-4-6-8-13/h4-8,12,14-15H,9-11,19H2,1-3H3,(H,20,22)(H,21,23)/t14-,15-/m0/s1. The van der Waals surface area contributed by atoms with Crippen LogP contribution >= 0.6 is 0 Å². The van der Waals surface area contributed by atoms with Gasteiger partial charge in [0.05, 0.1) is 13.7 Å². The molecule has 0 aromatic heterocycles. The molecular weight excluding hydrogens is 322 g/mol. The summed E-state index contributed by atoms with van der Waals surface area (Å²) in [6.07, 6.45) is 0.745. The molecule has 25 heavy (non-hydrogen) atoms. The van der Waals surface area contributed by atoms with Gasteiger partial charge >= 0.3 is 5.97 Å². The topological polar surface area (TPSA) is 111 Å². The molecule has 1 aromatic carbocycles. The van der Waals surface area contributed by atoms with Crippen molar-refractivity contribution >= 4 is 17.8 Å². The first-order valence-electron chi connectivity index (χ1n) is 8.28. The van der Waals surface area contributed by atoms with Crippen LogP contribution in [0.25, 0.3) is 0 Å². The summed E-state index contributed by atoms with van der Waals surface area (Å²) in [5.41, 5.74) is 6.20. The fourth-order valence-corrected chi connectivity index (χ4v) is 2.41. The van der Waals surface area contributed by atoms with Crippen LogP contribution in [0.15, 0.2) is 30.3 Å². The second kappa shape index (κ2) is 10.5. The molecule has 7 heteroatoms. The van der Waals surface area contributed by atoms with Crippen molar-refractivity contribution in [3.63, 3.8) is 0 Å². The van der Waals surface area contributed by atoms with Gasteiger partial charge in [-0.2, -0.15) is 0 Å². The Morgan fingerprint density at radius 2 is 1.72 bits per heavy atom. The van der Waals surface area contributed by atoms with E-state index in [1.54, 1.807) is 0 Å². The molecule has 2 amide bonds. The van der Waals surface area contributed by atoms with Crippen LogP contribution in [0.5, 0.6) is 0 Å². The lowest BCUT2D eigenvalue weighted by Crippen LogP contribution is -2.53. The highest BCUT2D eigenvalue weighted by Crippen LogP contribution is 2.08. The van der Waals surface area contributed by atoms with E-state index < -0.39 is 29.9 Å². The van der Waals surface area contributed by atoms with Crippen molar-refractivity contribution in [1.82, 2.24) is 10.6 Å². The number of nitrogens with two attached hydrogens (primary N) is 1. The lowest BCUT2D eigenvalue weighted by molar-refractivity contribution is -0.145. The number of methoxy groups -OCH3 is 1. The van der Waals surface area contributed by atoms with Crippen molar-refractivity contribution in [2.45, 2.75) is 38.8 Å². The highest BCUT2D eigenvalue weighted by atomic mass is 16.5. The van der Waals surface area contributed by atoms with Crippen molar-refractivity contribution in [3.8, 4) is 0 Å². The van der Waals surface area contributed by atoms with Crippen LogP contribution in [0.1, 0.15) is 25.8 Å². The van der Waals surface area contributed by atoms with Crippen LogP contribution in [-0.4, -0.2) is 43.5 Å². The fraction of sp³-hybridized carbons (Fsp3) is 0.500. The Labute approximate surface area is 148 Å². The van der Waals surface area contributed by atoms with Gasteiger partial charge in [-0.1, -0.05) is 44.2 Å². The van der Waals surface area contributed by atoms with Crippen molar-refractivity contribution in [1.29, 1.82) is 0 Å². The first-order valence-corrected chi connectivity index (χ1v) is 8.28. The Kier molecular flexibility index (Phi) is 8.63. The normalized spacial score (nSPS) is 13.0. The third-order valence-corrected chi connectivity index (χ3v) is 3.63. The van der Waals surface area contributed by atoms with E-state index in [9.17, 15) is 14.4 Å². The van der Waals surface area contributed by atoms with Gasteiger partial charge in [-0.05, 0) is 17.9 Å². The lowest BCUT2D eigenvalue weighted by Gasteiger charge is -2.23. The molecule has 1 aromatic rings. The van der Waals surface area contributed by atoms with Crippen LogP contribution in [0.4, 0.5) is 0 Å². The second-order valence-electron chi connectivity index (χ2n) is 6.23. The van der Waals surface area contributed by atoms with E-state index >= 15 is 0 Å². The van der Waals surface area contributed by atoms with Crippen molar-refractivity contribution in [3.05, 3.63) is 35.9 Å². The summed E-state index contributed by atoms with van der Waals surface area (Å²) in [5.74, 6) is -1.20. The zero-order valence-corrected chi connectivity index (χ0v) is 15.0. The number of ether oxygens (including phenoxy) is 1. The summed E-state index contributed by atoms with van der Waals surface area (Å²) in [5, 5.41) is 5.28. The van der Waals surface area contributed by atoms with E-state index in [4.69, 9.17) is 10.5 Å². The number of carbonyl (C=O) groups is 3. The molecule has 0 saturated heterocycles. The number of esters is 1. The van der Waals surface area contributed by atoms with E-state index in [1.165, 1.54) is 7.11 Å². The second-order valence-corrected chi connectivity index (χ2v) is 6.23. The maximum absolute atomic E-state index is 12.6. The van der Waals surface area contributed by atoms with Gasteiger partial charge in [-0.15, -0.1) is 0 Å². The lowest BCUT2D eigenvalue weighted by atomic mass is 10.0. The molecule has 1 rings (SSSR count). The minimum atomic E-state index is -0.829. The smallest absolute Gasteiger partial charge is 0.328 e. The first kappa shape index (κ1) is 20.6. The molecule has 0 unspecified atom stereocenters. The van der Waals surface area contributed by atoms with Gasteiger partial charge in [0.15, 0.2) is 0 Å². The SMILES string of the molecule is COC(=O)[C@H](Cc1ccccc1)NC(=O)[C@H](CC(C)C)NC(=O)CN. The van der Waals surface area contributed by atoms with Gasteiger partial charge < -0.3 is 21.1 Å². The van der Waals surface area contributed by atoms with E-state index in [-0.39, 0.29) is 12.5 Å². The van der Waals surface area contributed by atoms with Gasteiger partial charge in [0.25, 0.3) is 0 Å². The molecule has 0 aliphatic heterocycles.